The summed E-state index contributed by atoms with van der Waals surface area (Å²) in [4.78, 5) is 48.0. The molecule has 0 bridgehead atoms. The van der Waals surface area contributed by atoms with Crippen LogP contribution < -0.4 is 10.6 Å². The maximum Gasteiger partial charge on any atom is 0.295 e. The van der Waals surface area contributed by atoms with E-state index in [1.165, 1.54) is 17.2 Å². The largest absolute Gasteiger partial charge is 0.364 e. The van der Waals surface area contributed by atoms with Crippen molar-refractivity contribution in [2.45, 2.75) is 0 Å². The van der Waals surface area contributed by atoms with Crippen molar-refractivity contribution in [1.29, 1.82) is 0 Å². The Morgan fingerprint density at radius 1 is 1.05 bits per heavy atom. The summed E-state index contributed by atoms with van der Waals surface area (Å²) in [6.45, 7) is 1.27. The van der Waals surface area contributed by atoms with Crippen LogP contribution in [0.3, 0.4) is 0 Å². The number of Topliss-reactive ketones (excluding diaryl/α,β-unsaturated/α-hetero) is 1. The maximum absolute atomic E-state index is 14.9. The predicted octanol–water partition coefficient (Wildman–Crippen LogP) is 0.698. The SMILES string of the molecule is NC(=O)c1cc(-c2ncc(F)c3c(C(=O)C(=O)N4CCN(c5nnnn5-c5ccccc5)CC4)c[nH]c23)n[nH]1. The molecule has 0 unspecified atom stereocenters. The van der Waals surface area contributed by atoms with Gasteiger partial charge in [0, 0.05) is 32.4 Å². The van der Waals surface area contributed by atoms with E-state index >= 15 is 0 Å². The first kappa shape index (κ1) is 23.9. The van der Waals surface area contributed by atoms with Gasteiger partial charge in [0.2, 0.25) is 5.95 Å². The number of benzene rings is 1. The number of nitrogens with zero attached hydrogens (tertiary/aromatic N) is 8. The number of hydrogen-bond acceptors (Lipinski definition) is 9. The number of hydrogen-bond donors (Lipinski definition) is 3. The third kappa shape index (κ3) is 4.14. The predicted molar refractivity (Wildman–Crippen MR) is 134 cm³/mol. The first-order chi connectivity index (χ1) is 18.9. The summed E-state index contributed by atoms with van der Waals surface area (Å²) in [5, 5.41) is 18.3. The highest BCUT2D eigenvalue weighted by atomic mass is 19.1. The number of tetrazole rings is 1. The highest BCUT2D eigenvalue weighted by Crippen LogP contribution is 2.30. The van der Waals surface area contributed by atoms with Crippen molar-refractivity contribution in [3.05, 3.63) is 65.9 Å². The van der Waals surface area contributed by atoms with E-state index in [1.54, 1.807) is 4.68 Å². The van der Waals surface area contributed by atoms with Gasteiger partial charge in [-0.25, -0.2) is 9.37 Å². The first-order valence-electron chi connectivity index (χ1n) is 11.9. The van der Waals surface area contributed by atoms with Crippen LogP contribution >= 0.6 is 0 Å². The molecule has 0 radical (unpaired) electrons. The van der Waals surface area contributed by atoms with Crippen molar-refractivity contribution in [3.8, 4) is 17.1 Å². The fourth-order valence-corrected chi connectivity index (χ4v) is 4.54. The minimum Gasteiger partial charge on any atom is -0.364 e. The molecule has 196 valence electrons. The molecule has 2 amide bonds. The van der Waals surface area contributed by atoms with Crippen molar-refractivity contribution >= 4 is 34.4 Å². The molecule has 1 aliphatic heterocycles. The summed E-state index contributed by atoms with van der Waals surface area (Å²) in [5.74, 6) is -2.60. The molecular weight excluding hydrogens is 509 g/mol. The number of H-pyrrole nitrogens is 2. The fraction of sp³-hybridized carbons (Fsp3) is 0.167. The Bertz CT molecular complexity index is 1720. The van der Waals surface area contributed by atoms with Crippen LogP contribution in [0.15, 0.2) is 48.8 Å². The molecule has 0 saturated carbocycles. The van der Waals surface area contributed by atoms with E-state index < -0.39 is 23.4 Å². The molecule has 14 nitrogen and oxygen atoms in total. The minimum absolute atomic E-state index is 0.0410. The second kappa shape index (κ2) is 9.44. The molecule has 1 aliphatic rings. The number of carbonyl (C=O) groups is 3. The van der Waals surface area contributed by atoms with Crippen LogP contribution in [0.5, 0.6) is 0 Å². The molecule has 4 N–H and O–H groups in total. The van der Waals surface area contributed by atoms with Gasteiger partial charge in [0.05, 0.1) is 28.4 Å². The average molecular weight is 529 g/mol. The Hall–Kier alpha value is -5.47. The number of primary amides is 1. The summed E-state index contributed by atoms with van der Waals surface area (Å²) in [7, 11) is 0. The molecule has 5 heterocycles. The third-order valence-corrected chi connectivity index (χ3v) is 6.49. The first-order valence-corrected chi connectivity index (χ1v) is 11.9. The highest BCUT2D eigenvalue weighted by Gasteiger charge is 2.31. The molecule has 0 aliphatic carbocycles. The number of aromatic nitrogens is 8. The number of nitrogens with one attached hydrogen (secondary N) is 2. The lowest BCUT2D eigenvalue weighted by molar-refractivity contribution is -0.126. The Labute approximate surface area is 218 Å². The monoisotopic (exact) mass is 529 g/mol. The van der Waals surface area contributed by atoms with Gasteiger partial charge in [0.1, 0.15) is 17.1 Å². The van der Waals surface area contributed by atoms with Gasteiger partial charge in [-0.15, -0.1) is 0 Å². The van der Waals surface area contributed by atoms with E-state index in [4.69, 9.17) is 5.73 Å². The molecule has 4 aromatic heterocycles. The van der Waals surface area contributed by atoms with Crippen LogP contribution in [-0.4, -0.2) is 89.0 Å². The van der Waals surface area contributed by atoms with Crippen molar-refractivity contribution in [2.75, 3.05) is 31.1 Å². The smallest absolute Gasteiger partial charge is 0.295 e. The highest BCUT2D eigenvalue weighted by molar-refractivity contribution is 6.45. The number of amides is 2. The molecular formula is C24H20FN11O3. The van der Waals surface area contributed by atoms with E-state index in [0.717, 1.165) is 11.9 Å². The second-order valence-electron chi connectivity index (χ2n) is 8.77. The normalized spacial score (nSPS) is 13.7. The van der Waals surface area contributed by atoms with Gasteiger partial charge < -0.3 is 20.5 Å². The van der Waals surface area contributed by atoms with Gasteiger partial charge in [-0.1, -0.05) is 23.3 Å². The molecule has 39 heavy (non-hydrogen) atoms. The zero-order chi connectivity index (χ0) is 27.1. The number of rotatable bonds is 6. The van der Waals surface area contributed by atoms with Gasteiger partial charge in [-0.3, -0.25) is 19.5 Å². The van der Waals surface area contributed by atoms with Gasteiger partial charge in [0.25, 0.3) is 17.6 Å². The fourth-order valence-electron chi connectivity index (χ4n) is 4.54. The molecule has 6 rings (SSSR count). The lowest BCUT2D eigenvalue weighted by Gasteiger charge is -2.34. The topological polar surface area (TPSA) is 185 Å². The van der Waals surface area contributed by atoms with E-state index in [0.29, 0.717) is 19.0 Å². The average Bonchev–Trinajstić information content (AvgIpc) is 3.73. The molecule has 1 aromatic carbocycles. The second-order valence-corrected chi connectivity index (χ2v) is 8.77. The number of pyridine rings is 1. The zero-order valence-corrected chi connectivity index (χ0v) is 20.2. The Balaban J connectivity index is 1.21. The summed E-state index contributed by atoms with van der Waals surface area (Å²) < 4.78 is 16.5. The van der Waals surface area contributed by atoms with Crippen LogP contribution in [0.2, 0.25) is 0 Å². The van der Waals surface area contributed by atoms with E-state index in [1.807, 2.05) is 35.2 Å². The number of anilines is 1. The Morgan fingerprint density at radius 2 is 1.82 bits per heavy atom. The lowest BCUT2D eigenvalue weighted by Crippen LogP contribution is -2.51. The van der Waals surface area contributed by atoms with Crippen LogP contribution in [0, 0.1) is 5.82 Å². The summed E-state index contributed by atoms with van der Waals surface area (Å²) in [6.07, 6.45) is 2.20. The lowest BCUT2D eigenvalue weighted by atomic mass is 10.1. The molecule has 1 saturated heterocycles. The van der Waals surface area contributed by atoms with Crippen LogP contribution in [-0.2, 0) is 4.79 Å². The number of halogens is 1. The van der Waals surface area contributed by atoms with Gasteiger partial charge >= 0.3 is 0 Å². The Morgan fingerprint density at radius 3 is 2.54 bits per heavy atom. The van der Waals surface area contributed by atoms with Crippen LogP contribution in [0.4, 0.5) is 10.3 Å². The zero-order valence-electron chi connectivity index (χ0n) is 20.2. The van der Waals surface area contributed by atoms with Gasteiger partial charge in [-0.2, -0.15) is 9.78 Å². The molecule has 5 aromatic rings. The minimum atomic E-state index is -0.861. The van der Waals surface area contributed by atoms with Gasteiger partial charge in [-0.05, 0) is 28.6 Å². The van der Waals surface area contributed by atoms with Gasteiger partial charge in [0.15, 0.2) is 5.82 Å². The number of ketones is 1. The number of para-hydroxylation sites is 1. The van der Waals surface area contributed by atoms with Crippen LogP contribution in [0.1, 0.15) is 20.8 Å². The van der Waals surface area contributed by atoms with E-state index in [9.17, 15) is 18.8 Å². The number of nitrogens with two attached hydrogens (primary N) is 1. The molecule has 15 heteroatoms. The molecule has 0 spiro atoms. The van der Waals surface area contributed by atoms with Crippen molar-refractivity contribution in [1.82, 2.24) is 45.3 Å². The molecule has 0 atom stereocenters. The number of fused-ring (bicyclic) bond motifs is 1. The Kier molecular flexibility index (Phi) is 5.79. The quantitative estimate of drug-likeness (QED) is 0.210. The van der Waals surface area contributed by atoms with Crippen molar-refractivity contribution < 1.29 is 18.8 Å². The van der Waals surface area contributed by atoms with Crippen molar-refractivity contribution in [2.24, 2.45) is 5.73 Å². The van der Waals surface area contributed by atoms with E-state index in [-0.39, 0.29) is 46.6 Å². The number of aromatic amines is 2. The maximum atomic E-state index is 14.9. The summed E-state index contributed by atoms with van der Waals surface area (Å²) >= 11 is 0. The number of piperazine rings is 1. The van der Waals surface area contributed by atoms with Crippen LogP contribution in [0.25, 0.3) is 28.0 Å². The molecule has 1 fully saturated rings. The summed E-state index contributed by atoms with van der Waals surface area (Å²) in [5.41, 5.74) is 6.53. The number of carbonyl (C=O) groups excluding carboxylic acids is 3. The standard InChI is InChI=1S/C24H20FN11O3/c25-15-12-28-19(16-10-17(22(26)38)30-29-16)20-18(15)14(11-27-20)21(37)23(39)34-6-8-35(9-7-34)24-31-32-33-36(24)13-4-2-1-3-5-13/h1-5,10-12,27H,6-9H2,(H2,26,38)(H,29,30). The summed E-state index contributed by atoms with van der Waals surface area (Å²) in [6, 6.07) is 10.8. The third-order valence-electron chi connectivity index (χ3n) is 6.49. The van der Waals surface area contributed by atoms with Crippen molar-refractivity contribution in [3.63, 3.8) is 0 Å². The van der Waals surface area contributed by atoms with E-state index in [2.05, 4.69) is 35.7 Å².